The molecule has 2 N–H and O–H groups in total. The SMILES string of the molecule is Cn1ccnc1SCCNC(=O)CC[C@@]1(Cc2ccc(Cl)cc2)CCC(=O)N1. The Kier molecular flexibility index (Phi) is 7.02. The largest absolute Gasteiger partial charge is 0.355 e. The van der Waals surface area contributed by atoms with Gasteiger partial charge in [0.15, 0.2) is 5.16 Å². The summed E-state index contributed by atoms with van der Waals surface area (Å²) in [6, 6.07) is 7.66. The van der Waals surface area contributed by atoms with Gasteiger partial charge >= 0.3 is 0 Å². The molecule has 0 aliphatic carbocycles. The first-order valence-electron chi connectivity index (χ1n) is 9.38. The molecule has 0 spiro atoms. The van der Waals surface area contributed by atoms with E-state index in [9.17, 15) is 9.59 Å². The number of imidazole rings is 1. The first-order valence-corrected chi connectivity index (χ1v) is 10.7. The van der Waals surface area contributed by atoms with Crippen molar-refractivity contribution in [1.29, 1.82) is 0 Å². The van der Waals surface area contributed by atoms with Crippen molar-refractivity contribution in [3.8, 4) is 0 Å². The fourth-order valence-corrected chi connectivity index (χ4v) is 4.35. The number of benzene rings is 1. The molecule has 2 heterocycles. The fourth-order valence-electron chi connectivity index (χ4n) is 3.44. The van der Waals surface area contributed by atoms with Crippen molar-refractivity contribution >= 4 is 35.2 Å². The second-order valence-corrected chi connectivity index (χ2v) is 8.65. The number of nitrogens with zero attached hydrogens (tertiary/aromatic N) is 2. The van der Waals surface area contributed by atoms with Crippen molar-refractivity contribution in [3.63, 3.8) is 0 Å². The lowest BCUT2D eigenvalue weighted by atomic mass is 9.85. The third-order valence-corrected chi connectivity index (χ3v) is 6.27. The van der Waals surface area contributed by atoms with Gasteiger partial charge in [0.25, 0.3) is 0 Å². The van der Waals surface area contributed by atoms with Crippen LogP contribution in [0.2, 0.25) is 5.02 Å². The number of hydrogen-bond acceptors (Lipinski definition) is 4. The Hall–Kier alpha value is -1.99. The predicted octanol–water partition coefficient (Wildman–Crippen LogP) is 2.95. The summed E-state index contributed by atoms with van der Waals surface area (Å²) >= 11 is 7.57. The van der Waals surface area contributed by atoms with E-state index in [0.29, 0.717) is 37.3 Å². The Balaban J connectivity index is 1.46. The van der Waals surface area contributed by atoms with Crippen LogP contribution in [0.15, 0.2) is 41.8 Å². The van der Waals surface area contributed by atoms with Crippen LogP contribution in [0, 0.1) is 0 Å². The molecule has 1 fully saturated rings. The molecule has 28 heavy (non-hydrogen) atoms. The van der Waals surface area contributed by atoms with Crippen LogP contribution >= 0.6 is 23.4 Å². The van der Waals surface area contributed by atoms with E-state index in [1.165, 1.54) is 0 Å². The second kappa shape index (κ2) is 9.47. The van der Waals surface area contributed by atoms with Gasteiger partial charge < -0.3 is 15.2 Å². The molecule has 1 aromatic heterocycles. The molecular weight excluding hydrogens is 396 g/mol. The number of carbonyl (C=O) groups is 2. The lowest BCUT2D eigenvalue weighted by Crippen LogP contribution is -2.44. The minimum Gasteiger partial charge on any atom is -0.355 e. The van der Waals surface area contributed by atoms with Crippen molar-refractivity contribution in [2.75, 3.05) is 12.3 Å². The number of hydrogen-bond donors (Lipinski definition) is 2. The minimum atomic E-state index is -0.357. The van der Waals surface area contributed by atoms with Gasteiger partial charge in [-0.3, -0.25) is 9.59 Å². The normalized spacial score (nSPS) is 18.9. The highest BCUT2D eigenvalue weighted by atomic mass is 35.5. The number of aromatic nitrogens is 2. The standard InChI is InChI=1S/C20H25ClN4O2S/c1-25-12-10-23-19(25)28-13-11-22-17(26)6-8-20(9-7-18(27)24-20)14-15-2-4-16(21)5-3-15/h2-5,10,12H,6-9,11,13-14H2,1H3,(H,22,26)(H,24,27)/t20-/m0/s1. The monoisotopic (exact) mass is 420 g/mol. The summed E-state index contributed by atoms with van der Waals surface area (Å²) in [5, 5.41) is 7.70. The highest BCUT2D eigenvalue weighted by Crippen LogP contribution is 2.30. The zero-order valence-electron chi connectivity index (χ0n) is 15.9. The van der Waals surface area contributed by atoms with Crippen LogP contribution in [0.3, 0.4) is 0 Å². The van der Waals surface area contributed by atoms with Crippen molar-refractivity contribution in [2.24, 2.45) is 7.05 Å². The van der Waals surface area contributed by atoms with E-state index in [-0.39, 0.29) is 17.4 Å². The van der Waals surface area contributed by atoms with Gasteiger partial charge in [-0.2, -0.15) is 0 Å². The van der Waals surface area contributed by atoms with E-state index in [1.54, 1.807) is 18.0 Å². The van der Waals surface area contributed by atoms with E-state index in [4.69, 9.17) is 11.6 Å². The van der Waals surface area contributed by atoms with Crippen LogP contribution in [0.25, 0.3) is 0 Å². The Labute approximate surface area is 174 Å². The molecule has 1 aliphatic rings. The van der Waals surface area contributed by atoms with Gasteiger partial charge in [0.05, 0.1) is 0 Å². The molecule has 1 aromatic carbocycles. The first kappa shape index (κ1) is 20.7. The molecule has 1 saturated heterocycles. The number of rotatable bonds is 9. The molecule has 2 aromatic rings. The molecule has 3 rings (SSSR count). The molecular formula is C20H25ClN4O2S. The van der Waals surface area contributed by atoms with Gasteiger partial charge in [-0.05, 0) is 37.0 Å². The third-order valence-electron chi connectivity index (χ3n) is 4.95. The van der Waals surface area contributed by atoms with Crippen LogP contribution in [0.1, 0.15) is 31.2 Å². The summed E-state index contributed by atoms with van der Waals surface area (Å²) in [7, 11) is 1.95. The number of amides is 2. The van der Waals surface area contributed by atoms with Gasteiger partial charge in [0, 0.05) is 55.1 Å². The van der Waals surface area contributed by atoms with E-state index in [0.717, 1.165) is 22.9 Å². The Bertz CT molecular complexity index is 824. The summed E-state index contributed by atoms with van der Waals surface area (Å²) in [6.07, 6.45) is 6.64. The Morgan fingerprint density at radius 1 is 1.39 bits per heavy atom. The van der Waals surface area contributed by atoms with Crippen molar-refractivity contribution < 1.29 is 9.59 Å². The summed E-state index contributed by atoms with van der Waals surface area (Å²) in [6.45, 7) is 0.590. The van der Waals surface area contributed by atoms with Crippen molar-refractivity contribution in [1.82, 2.24) is 20.2 Å². The Morgan fingerprint density at radius 3 is 2.82 bits per heavy atom. The van der Waals surface area contributed by atoms with E-state index >= 15 is 0 Å². The van der Waals surface area contributed by atoms with Gasteiger partial charge in [-0.1, -0.05) is 35.5 Å². The molecule has 1 atom stereocenters. The molecule has 0 radical (unpaired) electrons. The summed E-state index contributed by atoms with van der Waals surface area (Å²) in [4.78, 5) is 28.4. The molecule has 1 aliphatic heterocycles. The number of carbonyl (C=O) groups excluding carboxylic acids is 2. The molecule has 0 bridgehead atoms. The number of thioether (sulfide) groups is 1. The fraction of sp³-hybridized carbons (Fsp3) is 0.450. The lowest BCUT2D eigenvalue weighted by molar-refractivity contribution is -0.122. The molecule has 0 saturated carbocycles. The Morgan fingerprint density at radius 2 is 2.18 bits per heavy atom. The van der Waals surface area contributed by atoms with Gasteiger partial charge in [0.2, 0.25) is 11.8 Å². The van der Waals surface area contributed by atoms with Crippen LogP contribution in [-0.2, 0) is 23.1 Å². The predicted molar refractivity (Wildman–Crippen MR) is 111 cm³/mol. The van der Waals surface area contributed by atoms with Crippen LogP contribution < -0.4 is 10.6 Å². The number of nitrogens with one attached hydrogen (secondary N) is 2. The highest BCUT2D eigenvalue weighted by molar-refractivity contribution is 7.99. The van der Waals surface area contributed by atoms with Gasteiger partial charge in [-0.25, -0.2) is 4.98 Å². The highest BCUT2D eigenvalue weighted by Gasteiger charge is 2.37. The molecule has 6 nitrogen and oxygen atoms in total. The minimum absolute atomic E-state index is 0.0112. The van der Waals surface area contributed by atoms with Crippen LogP contribution in [-0.4, -0.2) is 39.2 Å². The van der Waals surface area contributed by atoms with Crippen molar-refractivity contribution in [2.45, 2.75) is 42.8 Å². The maximum Gasteiger partial charge on any atom is 0.220 e. The molecule has 2 amide bonds. The average Bonchev–Trinajstić information content (AvgIpc) is 3.25. The molecule has 0 unspecified atom stereocenters. The van der Waals surface area contributed by atoms with Gasteiger partial charge in [0.1, 0.15) is 0 Å². The van der Waals surface area contributed by atoms with Gasteiger partial charge in [-0.15, -0.1) is 0 Å². The van der Waals surface area contributed by atoms with E-state index in [1.807, 2.05) is 42.1 Å². The smallest absolute Gasteiger partial charge is 0.220 e. The first-order chi connectivity index (χ1) is 13.5. The second-order valence-electron chi connectivity index (χ2n) is 7.15. The third kappa shape index (κ3) is 5.75. The maximum absolute atomic E-state index is 12.3. The zero-order valence-corrected chi connectivity index (χ0v) is 17.5. The summed E-state index contributed by atoms with van der Waals surface area (Å²) in [5.41, 5.74) is 0.753. The van der Waals surface area contributed by atoms with E-state index in [2.05, 4.69) is 15.6 Å². The average molecular weight is 421 g/mol. The summed E-state index contributed by atoms with van der Waals surface area (Å²) in [5.74, 6) is 0.835. The zero-order chi connectivity index (χ0) is 20.0. The van der Waals surface area contributed by atoms with Crippen LogP contribution in [0.5, 0.6) is 0 Å². The van der Waals surface area contributed by atoms with E-state index < -0.39 is 0 Å². The van der Waals surface area contributed by atoms with Crippen molar-refractivity contribution in [3.05, 3.63) is 47.2 Å². The topological polar surface area (TPSA) is 76.0 Å². The number of halogens is 1. The molecule has 150 valence electrons. The quantitative estimate of drug-likeness (QED) is 0.483. The maximum atomic E-state index is 12.3. The van der Waals surface area contributed by atoms with Crippen LogP contribution in [0.4, 0.5) is 0 Å². The molecule has 8 heteroatoms. The summed E-state index contributed by atoms with van der Waals surface area (Å²) < 4.78 is 1.95. The number of aryl methyl sites for hydroxylation is 1. The lowest BCUT2D eigenvalue weighted by Gasteiger charge is -2.29.